The van der Waals surface area contributed by atoms with E-state index in [-0.39, 0.29) is 79.8 Å². The number of hydrogen-bond acceptors (Lipinski definition) is 22. The van der Waals surface area contributed by atoms with Crippen molar-refractivity contribution in [2.45, 2.75) is 112 Å². The maximum atomic E-state index is 13.5. The number of carboxylic acid groups (broad SMARTS) is 3. The summed E-state index contributed by atoms with van der Waals surface area (Å²) in [4.78, 5) is 151. The van der Waals surface area contributed by atoms with Crippen LogP contribution in [0.4, 0.5) is 10.6 Å². The number of nitrogens with one attached hydrogen (secondary N) is 6. The summed E-state index contributed by atoms with van der Waals surface area (Å²) in [6, 6.07) is -5.59. The topological polar surface area (TPSA) is 520 Å². The van der Waals surface area contributed by atoms with Crippen LogP contribution in [0.3, 0.4) is 0 Å². The molecule has 4 heterocycles. The van der Waals surface area contributed by atoms with Crippen LogP contribution in [0.15, 0.2) is 11.0 Å². The van der Waals surface area contributed by atoms with Crippen molar-refractivity contribution in [3.8, 4) is 23.7 Å². The number of aliphatic hydroxyl groups is 1. The van der Waals surface area contributed by atoms with Crippen LogP contribution in [0.1, 0.15) is 69.6 Å². The normalized spacial score (nSPS) is 22.1. The number of anilines is 1. The van der Waals surface area contributed by atoms with Crippen molar-refractivity contribution in [3.05, 3.63) is 22.2 Å². The number of unbranched alkanes of at least 4 members (excludes halogenated alkanes) is 1. The number of carboxylic acids is 3. The third kappa shape index (κ3) is 22.8. The molecule has 11 atom stereocenters. The van der Waals surface area contributed by atoms with Crippen LogP contribution in [0.5, 0.6) is 0 Å². The van der Waals surface area contributed by atoms with Gasteiger partial charge in [0.15, 0.2) is 0 Å². The summed E-state index contributed by atoms with van der Waals surface area (Å²) in [5.41, 5.74) is 4.87. The molecule has 0 aromatic carbocycles. The number of aromatic nitrogens is 2. The number of carbonyl (C=O) groups excluding carboxylic acids is 5. The second-order valence-corrected chi connectivity index (χ2v) is 24.9. The van der Waals surface area contributed by atoms with Gasteiger partial charge < -0.3 is 82.4 Å². The van der Waals surface area contributed by atoms with Crippen LogP contribution in [-0.4, -0.2) is 175 Å². The van der Waals surface area contributed by atoms with Gasteiger partial charge in [0.05, 0.1) is 55.0 Å². The van der Waals surface area contributed by atoms with E-state index in [0.717, 1.165) is 10.8 Å². The Morgan fingerprint density at radius 2 is 1.54 bits per heavy atom. The molecule has 0 bridgehead atoms. The first-order valence-electron chi connectivity index (χ1n) is 22.8. The van der Waals surface area contributed by atoms with Crippen molar-refractivity contribution >= 4 is 110 Å². The zero-order valence-corrected chi connectivity index (χ0v) is 45.5. The molecule has 3 saturated heterocycles. The molecule has 78 heavy (non-hydrogen) atoms. The number of carbonyl (C=O) groups is 8. The number of phosphoric acid groups is 3. The van der Waals surface area contributed by atoms with Gasteiger partial charge >= 0.3 is 53.1 Å². The van der Waals surface area contributed by atoms with E-state index in [0.29, 0.717) is 23.7 Å². The van der Waals surface area contributed by atoms with Gasteiger partial charge in [0, 0.05) is 49.1 Å². The summed E-state index contributed by atoms with van der Waals surface area (Å²) in [5, 5.41) is 53.1. The monoisotopic (exact) mass is 1220 g/mol. The molecule has 3 aliphatic rings. The first kappa shape index (κ1) is 65.3. The number of thioether (sulfide) groups is 1. The molecular weight excluding hydrogens is 1170 g/mol. The lowest BCUT2D eigenvalue weighted by Gasteiger charge is -2.23. The highest BCUT2D eigenvalue weighted by molar-refractivity contribution is 8.76. The van der Waals surface area contributed by atoms with Crippen LogP contribution < -0.4 is 43.3 Å². The number of ether oxygens (including phenoxy) is 1. The number of phosphoric ester groups is 1. The predicted molar refractivity (Wildman–Crippen MR) is 271 cm³/mol. The second kappa shape index (κ2) is 30.4. The van der Waals surface area contributed by atoms with Crippen molar-refractivity contribution in [1.29, 1.82) is 0 Å². The Kier molecular flexibility index (Phi) is 25.4. The highest BCUT2D eigenvalue weighted by Crippen LogP contribution is 2.66. The lowest BCUT2D eigenvalue weighted by atomic mass is 10.1. The van der Waals surface area contributed by atoms with Crippen molar-refractivity contribution in [2.24, 2.45) is 0 Å². The smallest absolute Gasteiger partial charge is 0.481 e. The van der Waals surface area contributed by atoms with Crippen LogP contribution >= 0.6 is 56.8 Å². The van der Waals surface area contributed by atoms with Crippen LogP contribution in [0.25, 0.3) is 0 Å². The summed E-state index contributed by atoms with van der Waals surface area (Å²) >= 11 is 1.58. The minimum atomic E-state index is -5.82. The Morgan fingerprint density at radius 1 is 0.872 bits per heavy atom. The van der Waals surface area contributed by atoms with Crippen LogP contribution in [0.2, 0.25) is 0 Å². The summed E-state index contributed by atoms with van der Waals surface area (Å²) in [5.74, 6) is 4.25. The molecule has 0 aliphatic carbocycles. The molecule has 6 amide bonds. The third-order valence-electron chi connectivity index (χ3n) is 10.6. The van der Waals surface area contributed by atoms with Crippen LogP contribution in [-0.2, 0) is 65.1 Å². The van der Waals surface area contributed by atoms with Gasteiger partial charge in [0.25, 0.3) is 0 Å². The molecule has 3 fully saturated rings. The van der Waals surface area contributed by atoms with E-state index in [4.69, 9.17) is 25.4 Å². The molecular formula is C39H54N9O24P3S3. The van der Waals surface area contributed by atoms with Gasteiger partial charge in [-0.2, -0.15) is 13.6 Å². The van der Waals surface area contributed by atoms with Gasteiger partial charge in [-0.15, -0.1) is 17.7 Å². The van der Waals surface area contributed by atoms with Crippen molar-refractivity contribution in [3.63, 3.8) is 0 Å². The van der Waals surface area contributed by atoms with E-state index in [2.05, 4.69) is 68.4 Å². The number of aliphatic hydroxyl groups excluding tert-OH is 1. The predicted octanol–water partition coefficient (Wildman–Crippen LogP) is -2.34. The van der Waals surface area contributed by atoms with Gasteiger partial charge in [-0.05, 0) is 19.3 Å². The standard InChI is InChI=1S/C39H54N9O24P3S3/c40-34-20(17-48(39(61)47-34)30-16-25(49)26(70-30)18-69-74(65,66)72-75(67,68)71-73(62,63)64)6-4-11-41-28(50)10-13-78-77-12-5-7-21(35(56)43-22(14-31(52)53)36(57)44-23(37(58)59)15-32(54)55)42-29(51)9-3-1-2-8-27-33-24(19-76-27)45-38(60)46-33/h17,21-27,30,33,49H,1,3,5,7,9-16,18-19H2,(H,41,50)(H,42,51)(H,43,56)(H,44,57)(H,52,53)(H,54,55)(H,58,59)(H,65,66)(H,67,68)(H2,40,47,61)(H2,45,46,60)(H2,62,63,64)/t21?,22?,23?,24-,25?,26?,27-,30?,33-/m0/s1. The number of nitrogens with two attached hydrogens (primary N) is 1. The maximum Gasteiger partial charge on any atom is 0.490 e. The highest BCUT2D eigenvalue weighted by Gasteiger charge is 2.44. The average molecular weight is 1220 g/mol. The van der Waals surface area contributed by atoms with Gasteiger partial charge in [-0.3, -0.25) is 37.9 Å². The Hall–Kier alpha value is -5.26. The quantitative estimate of drug-likeness (QED) is 0.0126. The molecule has 0 saturated carbocycles. The number of hydrogen-bond donors (Lipinski definition) is 15. The first-order valence-corrected chi connectivity index (χ1v) is 30.8. The Morgan fingerprint density at radius 3 is 2.22 bits per heavy atom. The number of nitrogen functional groups attached to an aromatic ring is 1. The van der Waals surface area contributed by atoms with E-state index in [1.807, 2.05) is 5.32 Å². The van der Waals surface area contributed by atoms with E-state index < -0.39 is 127 Å². The highest BCUT2D eigenvalue weighted by atomic mass is 33.1. The molecule has 39 heteroatoms. The fraction of sp³-hybridized carbons (Fsp3) is 0.590. The number of aliphatic carboxylic acids is 3. The zero-order valence-electron chi connectivity index (χ0n) is 40.3. The zero-order chi connectivity index (χ0) is 58.0. The van der Waals surface area contributed by atoms with Crippen molar-refractivity contribution < 1.29 is 110 Å². The number of amides is 6. The largest absolute Gasteiger partial charge is 0.490 e. The maximum absolute atomic E-state index is 13.5. The third-order valence-corrected chi connectivity index (χ3v) is 18.2. The molecule has 8 unspecified atom stereocenters. The minimum absolute atomic E-state index is 0.0144. The molecule has 0 radical (unpaired) electrons. The molecule has 0 spiro atoms. The number of urea groups is 1. The lowest BCUT2D eigenvalue weighted by molar-refractivity contribution is -0.148. The Labute approximate surface area is 453 Å². The van der Waals surface area contributed by atoms with E-state index in [9.17, 15) is 82.0 Å². The molecule has 16 N–H and O–H groups in total. The fourth-order valence-corrected chi connectivity index (χ4v) is 13.5. The average Bonchev–Trinajstić information content (AvgIpc) is 4.02. The molecule has 3 aliphatic heterocycles. The lowest BCUT2D eigenvalue weighted by Crippen LogP contribution is -2.56. The molecule has 1 aromatic rings. The SMILES string of the molecule is Nc1nc(=O)n(C2CC(O)C(COP(=O)(O)OP(=O)(O)OP(=O)(O)O)O2)cc1C#CCNC(=O)CCSSCCCC(NC(=O)CCCC#C[C@@H]1SC[C@@H]2NC(=O)N[C@@H]21)C(=O)NC(CC(=O)O)C(=O)NC(CC(=O)O)C(=O)O. The van der Waals surface area contributed by atoms with Crippen molar-refractivity contribution in [2.75, 3.05) is 36.1 Å². The van der Waals surface area contributed by atoms with Gasteiger partial charge in [0.1, 0.15) is 36.3 Å². The Balaban J connectivity index is 1.25. The number of fused-ring (bicyclic) bond motifs is 1. The van der Waals surface area contributed by atoms with E-state index >= 15 is 0 Å². The van der Waals surface area contributed by atoms with Gasteiger partial charge in [-0.1, -0.05) is 39.3 Å². The summed E-state index contributed by atoms with van der Waals surface area (Å²) in [7, 11) is -14.4. The van der Waals surface area contributed by atoms with Gasteiger partial charge in [0.2, 0.25) is 23.6 Å². The first-order chi connectivity index (χ1) is 36.5. The molecule has 33 nitrogen and oxygen atoms in total. The summed E-state index contributed by atoms with van der Waals surface area (Å²) < 4.78 is 52.7. The minimum Gasteiger partial charge on any atom is -0.481 e. The molecule has 432 valence electrons. The Bertz CT molecular complexity index is 2750. The summed E-state index contributed by atoms with van der Waals surface area (Å²) in [6.45, 7) is -1.20. The van der Waals surface area contributed by atoms with Crippen LogP contribution in [0, 0.1) is 23.7 Å². The number of nitrogens with zero attached hydrogens (tertiary/aromatic N) is 2. The van der Waals surface area contributed by atoms with E-state index in [1.54, 1.807) is 11.8 Å². The second-order valence-electron chi connectivity index (χ2n) is 16.6. The molecule has 4 rings (SSSR count). The van der Waals surface area contributed by atoms with Crippen molar-refractivity contribution in [1.82, 2.24) is 41.5 Å². The number of rotatable bonds is 30. The van der Waals surface area contributed by atoms with E-state index in [1.165, 1.54) is 21.6 Å². The fourth-order valence-electron chi connectivity index (χ4n) is 7.03. The summed E-state index contributed by atoms with van der Waals surface area (Å²) in [6.07, 6.45) is -4.76. The molecule has 1 aromatic heterocycles. The van der Waals surface area contributed by atoms with Gasteiger partial charge in [-0.25, -0.2) is 28.1 Å².